The van der Waals surface area contributed by atoms with Crippen molar-refractivity contribution in [1.82, 2.24) is 5.32 Å². The van der Waals surface area contributed by atoms with Gasteiger partial charge in [0.15, 0.2) is 11.5 Å². The van der Waals surface area contributed by atoms with E-state index in [9.17, 15) is 4.39 Å². The van der Waals surface area contributed by atoms with Gasteiger partial charge >= 0.3 is 0 Å². The van der Waals surface area contributed by atoms with Gasteiger partial charge in [0.2, 0.25) is 0 Å². The Hall–Kier alpha value is -1.86. The van der Waals surface area contributed by atoms with Crippen molar-refractivity contribution >= 4 is 11.6 Å². The SMILES string of the molecule is CCOc1cc(CNCCOCCO)ccc1OCc1ccc(F)cc1Cl. The highest BCUT2D eigenvalue weighted by Gasteiger charge is 2.09. The van der Waals surface area contributed by atoms with Crippen LogP contribution in [0, 0.1) is 5.82 Å². The van der Waals surface area contributed by atoms with Gasteiger partial charge in [-0.05, 0) is 36.8 Å². The molecule has 0 aliphatic carbocycles. The Balaban J connectivity index is 1.93. The van der Waals surface area contributed by atoms with E-state index < -0.39 is 0 Å². The average molecular weight is 398 g/mol. The fraction of sp³-hybridized carbons (Fsp3) is 0.400. The van der Waals surface area contributed by atoms with Crippen LogP contribution < -0.4 is 14.8 Å². The molecule has 7 heteroatoms. The van der Waals surface area contributed by atoms with Crippen LogP contribution in [-0.2, 0) is 17.9 Å². The van der Waals surface area contributed by atoms with Crippen LogP contribution in [0.1, 0.15) is 18.1 Å². The maximum Gasteiger partial charge on any atom is 0.161 e. The smallest absolute Gasteiger partial charge is 0.161 e. The van der Waals surface area contributed by atoms with E-state index in [1.54, 1.807) is 6.07 Å². The second-order valence-electron chi connectivity index (χ2n) is 5.75. The molecule has 0 saturated carbocycles. The van der Waals surface area contributed by atoms with Crippen LogP contribution in [-0.4, -0.2) is 38.1 Å². The third-order valence-electron chi connectivity index (χ3n) is 3.69. The second kappa shape index (κ2) is 11.8. The predicted octanol–water partition coefficient (Wildman–Crippen LogP) is 3.56. The number of hydrogen-bond acceptors (Lipinski definition) is 5. The molecule has 27 heavy (non-hydrogen) atoms. The van der Waals surface area contributed by atoms with Crippen LogP contribution in [0.4, 0.5) is 4.39 Å². The molecule has 5 nitrogen and oxygen atoms in total. The van der Waals surface area contributed by atoms with Gasteiger partial charge in [0.25, 0.3) is 0 Å². The average Bonchev–Trinajstić information content (AvgIpc) is 2.65. The van der Waals surface area contributed by atoms with Gasteiger partial charge in [-0.15, -0.1) is 0 Å². The second-order valence-corrected chi connectivity index (χ2v) is 6.16. The molecule has 0 heterocycles. The van der Waals surface area contributed by atoms with Gasteiger partial charge in [-0.25, -0.2) is 4.39 Å². The maximum absolute atomic E-state index is 13.1. The molecule has 0 unspecified atom stereocenters. The number of halogens is 2. The molecule has 2 rings (SSSR count). The summed E-state index contributed by atoms with van der Waals surface area (Å²) in [5.74, 6) is 0.871. The molecule has 0 saturated heterocycles. The van der Waals surface area contributed by atoms with E-state index in [4.69, 9.17) is 30.9 Å². The number of hydrogen-bond donors (Lipinski definition) is 2. The fourth-order valence-electron chi connectivity index (χ4n) is 2.39. The van der Waals surface area contributed by atoms with Crippen LogP contribution in [0.5, 0.6) is 11.5 Å². The summed E-state index contributed by atoms with van der Waals surface area (Å²) in [5.41, 5.74) is 1.75. The zero-order valence-electron chi connectivity index (χ0n) is 15.3. The molecular weight excluding hydrogens is 373 g/mol. The molecule has 0 aliphatic heterocycles. The van der Waals surface area contributed by atoms with Crippen molar-refractivity contribution in [2.45, 2.75) is 20.1 Å². The Kier molecular flexibility index (Phi) is 9.35. The summed E-state index contributed by atoms with van der Waals surface area (Å²) in [4.78, 5) is 0. The lowest BCUT2D eigenvalue weighted by Gasteiger charge is -2.14. The van der Waals surface area contributed by atoms with Crippen molar-refractivity contribution in [2.24, 2.45) is 0 Å². The van der Waals surface area contributed by atoms with Crippen LogP contribution in [0.2, 0.25) is 5.02 Å². The van der Waals surface area contributed by atoms with Crippen LogP contribution in [0.25, 0.3) is 0 Å². The third-order valence-corrected chi connectivity index (χ3v) is 4.05. The number of benzene rings is 2. The molecule has 0 radical (unpaired) electrons. The third kappa shape index (κ3) is 7.34. The molecule has 2 N–H and O–H groups in total. The number of rotatable bonds is 12. The van der Waals surface area contributed by atoms with Crippen molar-refractivity contribution in [3.05, 3.63) is 58.4 Å². The van der Waals surface area contributed by atoms with Gasteiger partial charge in [0, 0.05) is 18.7 Å². The molecular formula is C20H25ClFNO4. The summed E-state index contributed by atoms with van der Waals surface area (Å²) in [6.45, 7) is 4.90. The van der Waals surface area contributed by atoms with Crippen molar-refractivity contribution in [3.63, 3.8) is 0 Å². The minimum atomic E-state index is -0.377. The van der Waals surface area contributed by atoms with E-state index in [1.807, 2.05) is 25.1 Å². The Morgan fingerprint density at radius 3 is 2.67 bits per heavy atom. The zero-order chi connectivity index (χ0) is 19.5. The number of aliphatic hydroxyl groups is 1. The molecule has 2 aromatic rings. The lowest BCUT2D eigenvalue weighted by Crippen LogP contribution is -2.20. The monoisotopic (exact) mass is 397 g/mol. The first-order chi connectivity index (χ1) is 13.1. The molecule has 0 spiro atoms. The minimum absolute atomic E-state index is 0.0301. The number of ether oxygens (including phenoxy) is 3. The van der Waals surface area contributed by atoms with E-state index in [0.29, 0.717) is 55.0 Å². The standard InChI is InChI=1S/C20H25ClFNO4/c1-2-26-20-11-15(13-23-7-9-25-10-8-24)3-6-19(20)27-14-16-4-5-17(22)12-18(16)21/h3-6,11-12,23-24H,2,7-10,13-14H2,1H3. The highest BCUT2D eigenvalue weighted by Crippen LogP contribution is 2.30. The van der Waals surface area contributed by atoms with Gasteiger partial charge in [-0.2, -0.15) is 0 Å². The molecule has 0 bridgehead atoms. The van der Waals surface area contributed by atoms with Gasteiger partial charge in [-0.3, -0.25) is 0 Å². The Morgan fingerprint density at radius 2 is 1.93 bits per heavy atom. The van der Waals surface area contributed by atoms with Gasteiger partial charge < -0.3 is 24.6 Å². The summed E-state index contributed by atoms with van der Waals surface area (Å²) in [7, 11) is 0. The van der Waals surface area contributed by atoms with Crippen molar-refractivity contribution < 1.29 is 23.7 Å². The van der Waals surface area contributed by atoms with Gasteiger partial charge in [0.05, 0.1) is 31.5 Å². The lowest BCUT2D eigenvalue weighted by atomic mass is 10.2. The lowest BCUT2D eigenvalue weighted by molar-refractivity contribution is 0.0938. The Bertz CT molecular complexity index is 714. The molecule has 0 aliphatic rings. The first-order valence-corrected chi connectivity index (χ1v) is 9.23. The van der Waals surface area contributed by atoms with Crippen molar-refractivity contribution in [2.75, 3.05) is 33.0 Å². The zero-order valence-corrected chi connectivity index (χ0v) is 16.1. The number of nitrogens with one attached hydrogen (secondary N) is 1. The summed E-state index contributed by atoms with van der Waals surface area (Å²) < 4.78 is 29.8. The summed E-state index contributed by atoms with van der Waals surface area (Å²) in [6, 6.07) is 9.95. The number of aliphatic hydroxyl groups excluding tert-OH is 1. The minimum Gasteiger partial charge on any atom is -0.490 e. The molecule has 0 aromatic heterocycles. The van der Waals surface area contributed by atoms with E-state index in [0.717, 1.165) is 5.56 Å². The quantitative estimate of drug-likeness (QED) is 0.536. The van der Waals surface area contributed by atoms with E-state index in [1.165, 1.54) is 12.1 Å². The fourth-order valence-corrected chi connectivity index (χ4v) is 2.61. The van der Waals surface area contributed by atoms with E-state index in [-0.39, 0.29) is 19.0 Å². The van der Waals surface area contributed by atoms with E-state index >= 15 is 0 Å². The highest BCUT2D eigenvalue weighted by molar-refractivity contribution is 6.31. The van der Waals surface area contributed by atoms with Gasteiger partial charge in [-0.1, -0.05) is 23.7 Å². The van der Waals surface area contributed by atoms with Crippen LogP contribution in [0.3, 0.4) is 0 Å². The topological polar surface area (TPSA) is 60.0 Å². The van der Waals surface area contributed by atoms with Crippen LogP contribution >= 0.6 is 11.6 Å². The Morgan fingerprint density at radius 1 is 1.07 bits per heavy atom. The molecule has 0 atom stereocenters. The molecule has 148 valence electrons. The first kappa shape index (κ1) is 21.4. The normalized spacial score (nSPS) is 10.8. The van der Waals surface area contributed by atoms with Gasteiger partial charge in [0.1, 0.15) is 12.4 Å². The molecule has 0 fully saturated rings. The largest absolute Gasteiger partial charge is 0.490 e. The Labute approximate surface area is 164 Å². The highest BCUT2D eigenvalue weighted by atomic mass is 35.5. The van der Waals surface area contributed by atoms with Crippen molar-refractivity contribution in [3.8, 4) is 11.5 Å². The summed E-state index contributed by atoms with van der Waals surface area (Å²) in [6.07, 6.45) is 0. The maximum atomic E-state index is 13.1. The van der Waals surface area contributed by atoms with E-state index in [2.05, 4.69) is 5.32 Å². The summed E-state index contributed by atoms with van der Waals surface area (Å²) >= 11 is 6.04. The molecule has 2 aromatic carbocycles. The first-order valence-electron chi connectivity index (χ1n) is 8.85. The predicted molar refractivity (Wildman–Crippen MR) is 103 cm³/mol. The molecule has 0 amide bonds. The van der Waals surface area contributed by atoms with Crippen LogP contribution in [0.15, 0.2) is 36.4 Å². The van der Waals surface area contributed by atoms with Crippen molar-refractivity contribution in [1.29, 1.82) is 0 Å². The summed E-state index contributed by atoms with van der Waals surface area (Å²) in [5, 5.41) is 12.3.